The third-order valence-electron chi connectivity index (χ3n) is 2.26. The number of hydrogen-bond acceptors (Lipinski definition) is 1. The summed E-state index contributed by atoms with van der Waals surface area (Å²) in [5.41, 5.74) is 1.14. The second kappa shape index (κ2) is 3.65. The Morgan fingerprint density at radius 3 is 2.91 bits per heavy atom. The monoisotopic (exact) mass is 150 g/mol. The smallest absolute Gasteiger partial charge is 0.130 e. The van der Waals surface area contributed by atoms with Gasteiger partial charge >= 0.3 is 0 Å². The Hall–Kier alpha value is -0.655. The molecule has 1 N–H and O–H groups in total. The molecule has 1 rings (SSSR count). The highest BCUT2D eigenvalue weighted by atomic mass is 16.3. The first-order valence-electron chi connectivity index (χ1n) is 4.30. The van der Waals surface area contributed by atoms with Crippen LogP contribution in [0.5, 0.6) is 0 Å². The molecule has 0 saturated heterocycles. The van der Waals surface area contributed by atoms with Crippen molar-refractivity contribution in [3.05, 3.63) is 23.5 Å². The van der Waals surface area contributed by atoms with Gasteiger partial charge in [0.1, 0.15) is 7.28 Å². The van der Waals surface area contributed by atoms with Gasteiger partial charge in [0, 0.05) is 0 Å². The first kappa shape index (κ1) is 8.44. The molecule has 0 aromatic rings. The van der Waals surface area contributed by atoms with Crippen LogP contribution < -0.4 is 0 Å². The number of hydrogen-bond donors (Lipinski definition) is 1. The lowest BCUT2D eigenvalue weighted by Crippen LogP contribution is -2.11. The molecule has 0 radical (unpaired) electrons. The second-order valence-electron chi connectivity index (χ2n) is 3.20. The average molecular weight is 150 g/mol. The normalized spacial score (nSPS) is 25.8. The van der Waals surface area contributed by atoms with Crippen LogP contribution in [0.2, 0.25) is 12.6 Å². The van der Waals surface area contributed by atoms with E-state index in [1.807, 2.05) is 19.1 Å². The summed E-state index contributed by atoms with van der Waals surface area (Å²) in [6.45, 7) is 4.16. The quantitative estimate of drug-likeness (QED) is 0.568. The number of rotatable bonds is 1. The van der Waals surface area contributed by atoms with Gasteiger partial charge in [0.15, 0.2) is 0 Å². The van der Waals surface area contributed by atoms with Gasteiger partial charge in [-0.25, -0.2) is 0 Å². The molecule has 0 saturated carbocycles. The highest BCUT2D eigenvalue weighted by Crippen LogP contribution is 2.26. The van der Waals surface area contributed by atoms with Crippen LogP contribution in [-0.4, -0.2) is 12.4 Å². The SMILES string of the molecule is C/C=C\C1=C(O)CBC[C@@H]1C. The summed E-state index contributed by atoms with van der Waals surface area (Å²) in [6, 6.07) is 0. The van der Waals surface area contributed by atoms with Crippen molar-refractivity contribution < 1.29 is 5.11 Å². The fourth-order valence-corrected chi connectivity index (χ4v) is 1.60. The molecule has 0 unspecified atom stereocenters. The molecule has 11 heavy (non-hydrogen) atoms. The fraction of sp³-hybridized carbons (Fsp3) is 0.556. The van der Waals surface area contributed by atoms with Crippen molar-refractivity contribution in [3.8, 4) is 0 Å². The molecule has 1 nitrogen and oxygen atoms in total. The molecule has 0 bridgehead atoms. The molecule has 1 aliphatic rings. The van der Waals surface area contributed by atoms with Gasteiger partial charge in [-0.05, 0) is 24.7 Å². The minimum absolute atomic E-state index is 0.542. The summed E-state index contributed by atoms with van der Waals surface area (Å²) in [6.07, 6.45) is 6.10. The average Bonchev–Trinajstić information content (AvgIpc) is 1.97. The van der Waals surface area contributed by atoms with E-state index in [2.05, 4.69) is 6.92 Å². The first-order valence-corrected chi connectivity index (χ1v) is 4.30. The summed E-state index contributed by atoms with van der Waals surface area (Å²) in [4.78, 5) is 0. The Balaban J connectivity index is 2.82. The van der Waals surface area contributed by atoms with Crippen molar-refractivity contribution in [2.75, 3.05) is 0 Å². The van der Waals surface area contributed by atoms with E-state index in [1.54, 1.807) is 0 Å². The molecule has 60 valence electrons. The molecule has 1 atom stereocenters. The molecule has 0 spiro atoms. The van der Waals surface area contributed by atoms with E-state index >= 15 is 0 Å². The van der Waals surface area contributed by atoms with Gasteiger partial charge in [-0.3, -0.25) is 0 Å². The molecule has 0 aliphatic carbocycles. The van der Waals surface area contributed by atoms with Gasteiger partial charge in [-0.2, -0.15) is 0 Å². The maximum absolute atomic E-state index is 9.50. The van der Waals surface area contributed by atoms with Crippen LogP contribution in [0.3, 0.4) is 0 Å². The van der Waals surface area contributed by atoms with Crippen LogP contribution in [0.15, 0.2) is 23.5 Å². The summed E-state index contributed by atoms with van der Waals surface area (Å²) < 4.78 is 0. The largest absolute Gasteiger partial charge is 0.513 e. The van der Waals surface area contributed by atoms with Crippen LogP contribution in [0.4, 0.5) is 0 Å². The molecule has 1 heterocycles. The van der Waals surface area contributed by atoms with Crippen LogP contribution in [-0.2, 0) is 0 Å². The summed E-state index contributed by atoms with van der Waals surface area (Å²) >= 11 is 0. The number of aliphatic hydroxyl groups is 1. The maximum Gasteiger partial charge on any atom is 0.130 e. The Kier molecular flexibility index (Phi) is 2.80. The Morgan fingerprint density at radius 1 is 1.64 bits per heavy atom. The Morgan fingerprint density at radius 2 is 2.36 bits per heavy atom. The van der Waals surface area contributed by atoms with E-state index in [0.717, 1.165) is 19.2 Å². The fourth-order valence-electron chi connectivity index (χ4n) is 1.60. The highest BCUT2D eigenvalue weighted by Gasteiger charge is 2.17. The first-order chi connectivity index (χ1) is 5.25. The molecular formula is C9H15BO. The van der Waals surface area contributed by atoms with Crippen LogP contribution >= 0.6 is 0 Å². The van der Waals surface area contributed by atoms with Crippen molar-refractivity contribution >= 4 is 7.28 Å². The molecule has 0 amide bonds. The van der Waals surface area contributed by atoms with Crippen LogP contribution in [0.25, 0.3) is 0 Å². The van der Waals surface area contributed by atoms with Gasteiger partial charge in [-0.15, -0.1) is 0 Å². The standard InChI is InChI=1S/C9H15BO/c1-3-4-8-7(2)5-10-6-9(8)11/h3-4,7,10-11H,5-6H2,1-2H3/b4-3-/t7-/m0/s1. The third-order valence-corrected chi connectivity index (χ3v) is 2.26. The van der Waals surface area contributed by atoms with E-state index < -0.39 is 0 Å². The summed E-state index contributed by atoms with van der Waals surface area (Å²) in [7, 11) is 1.13. The lowest BCUT2D eigenvalue weighted by Gasteiger charge is -2.19. The van der Waals surface area contributed by atoms with Crippen molar-refractivity contribution in [2.45, 2.75) is 26.5 Å². The van der Waals surface area contributed by atoms with Gasteiger partial charge in [0.05, 0.1) is 5.76 Å². The molecule has 0 fully saturated rings. The van der Waals surface area contributed by atoms with Crippen LogP contribution in [0, 0.1) is 5.92 Å². The van der Waals surface area contributed by atoms with Crippen molar-refractivity contribution in [1.29, 1.82) is 0 Å². The highest BCUT2D eigenvalue weighted by molar-refractivity contribution is 6.37. The molecular weight excluding hydrogens is 135 g/mol. The molecule has 0 aromatic carbocycles. The Labute approximate surface area is 69.1 Å². The van der Waals surface area contributed by atoms with E-state index in [0.29, 0.717) is 11.7 Å². The zero-order valence-electron chi connectivity index (χ0n) is 7.30. The molecule has 0 aromatic heterocycles. The van der Waals surface area contributed by atoms with E-state index in [1.165, 1.54) is 6.32 Å². The van der Waals surface area contributed by atoms with Crippen molar-refractivity contribution in [2.24, 2.45) is 5.92 Å². The molecule has 1 aliphatic heterocycles. The van der Waals surface area contributed by atoms with Gasteiger partial charge in [0.25, 0.3) is 0 Å². The van der Waals surface area contributed by atoms with E-state index in [9.17, 15) is 5.11 Å². The minimum Gasteiger partial charge on any atom is -0.513 e. The lowest BCUT2D eigenvalue weighted by atomic mass is 9.61. The number of allylic oxidation sites excluding steroid dienone is 4. The zero-order chi connectivity index (χ0) is 8.27. The van der Waals surface area contributed by atoms with E-state index in [4.69, 9.17) is 0 Å². The van der Waals surface area contributed by atoms with Crippen molar-refractivity contribution in [3.63, 3.8) is 0 Å². The topological polar surface area (TPSA) is 20.2 Å². The zero-order valence-corrected chi connectivity index (χ0v) is 7.30. The number of aliphatic hydroxyl groups excluding tert-OH is 1. The molecule has 2 heteroatoms. The third kappa shape index (κ3) is 1.89. The van der Waals surface area contributed by atoms with Crippen LogP contribution in [0.1, 0.15) is 13.8 Å². The van der Waals surface area contributed by atoms with Gasteiger partial charge in [-0.1, -0.05) is 25.4 Å². The predicted molar refractivity (Wildman–Crippen MR) is 50.4 cm³/mol. The van der Waals surface area contributed by atoms with Gasteiger partial charge in [0.2, 0.25) is 0 Å². The Bertz CT molecular complexity index is 194. The predicted octanol–water partition coefficient (Wildman–Crippen LogP) is 2.30. The summed E-state index contributed by atoms with van der Waals surface area (Å²) in [5.74, 6) is 1.14. The second-order valence-corrected chi connectivity index (χ2v) is 3.20. The van der Waals surface area contributed by atoms with E-state index in [-0.39, 0.29) is 0 Å². The minimum atomic E-state index is 0.542. The van der Waals surface area contributed by atoms with Gasteiger partial charge < -0.3 is 5.11 Å². The maximum atomic E-state index is 9.50. The lowest BCUT2D eigenvalue weighted by molar-refractivity contribution is 0.397. The summed E-state index contributed by atoms with van der Waals surface area (Å²) in [5, 5.41) is 9.50. The van der Waals surface area contributed by atoms with Crippen molar-refractivity contribution in [1.82, 2.24) is 0 Å².